The fraction of sp³-hybridized carbons (Fsp3) is 0.750. The normalized spacial score (nSPS) is 26.2. The highest BCUT2D eigenvalue weighted by Gasteiger charge is 2.28. The van der Waals surface area contributed by atoms with Gasteiger partial charge in [0.1, 0.15) is 0 Å². The first-order valence-corrected chi connectivity index (χ1v) is 8.37. The average molecular weight is 265 g/mol. The average Bonchev–Trinajstić information content (AvgIpc) is 2.77. The van der Waals surface area contributed by atoms with Crippen LogP contribution < -0.4 is 5.32 Å². The summed E-state index contributed by atoms with van der Waals surface area (Å²) in [4.78, 5) is 1.50. The van der Waals surface area contributed by atoms with Crippen molar-refractivity contribution < 1.29 is 0 Å². The van der Waals surface area contributed by atoms with Crippen LogP contribution >= 0.6 is 11.3 Å². The monoisotopic (exact) mass is 265 g/mol. The highest BCUT2D eigenvalue weighted by molar-refractivity contribution is 7.10. The van der Waals surface area contributed by atoms with Crippen molar-refractivity contribution >= 4 is 11.3 Å². The third kappa shape index (κ3) is 3.36. The maximum absolute atomic E-state index is 3.81. The van der Waals surface area contributed by atoms with E-state index in [1.165, 1.54) is 37.0 Å². The van der Waals surface area contributed by atoms with Crippen molar-refractivity contribution in [3.05, 3.63) is 21.9 Å². The van der Waals surface area contributed by atoms with Crippen molar-refractivity contribution in [2.75, 3.05) is 6.54 Å². The van der Waals surface area contributed by atoms with Gasteiger partial charge in [-0.05, 0) is 61.6 Å². The van der Waals surface area contributed by atoms with E-state index >= 15 is 0 Å². The lowest BCUT2D eigenvalue weighted by molar-refractivity contribution is 0.223. The third-order valence-corrected chi connectivity index (χ3v) is 5.16. The van der Waals surface area contributed by atoms with Gasteiger partial charge in [0.15, 0.2) is 0 Å². The smallest absolute Gasteiger partial charge is 0.0359 e. The summed E-state index contributed by atoms with van der Waals surface area (Å²) in [5, 5.41) is 6.06. The first-order chi connectivity index (χ1) is 8.72. The Bertz CT molecular complexity index is 358. The molecule has 3 unspecified atom stereocenters. The predicted molar refractivity (Wildman–Crippen MR) is 81.2 cm³/mol. The van der Waals surface area contributed by atoms with Gasteiger partial charge < -0.3 is 5.32 Å². The van der Waals surface area contributed by atoms with Crippen LogP contribution in [-0.2, 0) is 0 Å². The molecule has 0 saturated heterocycles. The molecule has 1 N–H and O–H groups in total. The van der Waals surface area contributed by atoms with E-state index in [1.54, 1.807) is 5.56 Å². The fourth-order valence-corrected chi connectivity index (χ4v) is 4.08. The highest BCUT2D eigenvalue weighted by atomic mass is 32.1. The zero-order valence-electron chi connectivity index (χ0n) is 12.0. The van der Waals surface area contributed by atoms with Gasteiger partial charge in [0.2, 0.25) is 0 Å². The standard InChI is InChI=1S/C16H27NS/c1-4-9-17-16(15-8-10-18-13(15)3)14-7-5-6-12(2)11-14/h8,10,12,14,16-17H,4-7,9,11H2,1-3H3. The summed E-state index contributed by atoms with van der Waals surface area (Å²) in [6.07, 6.45) is 6.87. The van der Waals surface area contributed by atoms with Crippen molar-refractivity contribution in [1.82, 2.24) is 5.32 Å². The molecule has 1 saturated carbocycles. The molecule has 0 radical (unpaired) electrons. The minimum absolute atomic E-state index is 0.596. The molecular weight excluding hydrogens is 238 g/mol. The number of hydrogen-bond acceptors (Lipinski definition) is 2. The summed E-state index contributed by atoms with van der Waals surface area (Å²) in [5.74, 6) is 1.75. The second-order valence-electron chi connectivity index (χ2n) is 5.90. The Balaban J connectivity index is 2.11. The summed E-state index contributed by atoms with van der Waals surface area (Å²) in [7, 11) is 0. The molecule has 1 heterocycles. The van der Waals surface area contributed by atoms with Crippen LogP contribution in [0.5, 0.6) is 0 Å². The Labute approximate surface area is 116 Å². The van der Waals surface area contributed by atoms with Gasteiger partial charge in [-0.2, -0.15) is 0 Å². The van der Waals surface area contributed by atoms with Crippen LogP contribution in [0.2, 0.25) is 0 Å². The van der Waals surface area contributed by atoms with Crippen molar-refractivity contribution in [2.24, 2.45) is 11.8 Å². The second kappa shape index (κ2) is 6.72. The number of nitrogens with one attached hydrogen (secondary N) is 1. The van der Waals surface area contributed by atoms with E-state index in [2.05, 4.69) is 37.5 Å². The van der Waals surface area contributed by atoms with Gasteiger partial charge in [0.25, 0.3) is 0 Å². The summed E-state index contributed by atoms with van der Waals surface area (Å²) >= 11 is 1.89. The maximum Gasteiger partial charge on any atom is 0.0359 e. The van der Waals surface area contributed by atoms with E-state index in [0.29, 0.717) is 6.04 Å². The van der Waals surface area contributed by atoms with Crippen LogP contribution in [0.1, 0.15) is 62.4 Å². The first kappa shape index (κ1) is 14.1. The topological polar surface area (TPSA) is 12.0 Å². The van der Waals surface area contributed by atoms with Gasteiger partial charge in [-0.3, -0.25) is 0 Å². The number of aryl methyl sites for hydroxylation is 1. The molecule has 3 atom stereocenters. The van der Waals surface area contributed by atoms with Crippen LogP contribution in [-0.4, -0.2) is 6.54 Å². The summed E-state index contributed by atoms with van der Waals surface area (Å²) in [5.41, 5.74) is 1.56. The highest BCUT2D eigenvalue weighted by Crippen LogP contribution is 2.38. The fourth-order valence-electron chi connectivity index (χ4n) is 3.33. The Morgan fingerprint density at radius 1 is 1.44 bits per heavy atom. The van der Waals surface area contributed by atoms with Crippen molar-refractivity contribution in [2.45, 2.75) is 58.9 Å². The van der Waals surface area contributed by atoms with E-state index in [9.17, 15) is 0 Å². The maximum atomic E-state index is 3.81. The molecule has 1 aromatic heterocycles. The molecule has 0 spiro atoms. The third-order valence-electron chi connectivity index (χ3n) is 4.30. The molecule has 18 heavy (non-hydrogen) atoms. The van der Waals surface area contributed by atoms with Gasteiger partial charge in [-0.1, -0.05) is 26.7 Å². The Hall–Kier alpha value is -0.340. The molecular formula is C16H27NS. The summed E-state index contributed by atoms with van der Waals surface area (Å²) < 4.78 is 0. The van der Waals surface area contributed by atoms with Crippen molar-refractivity contribution in [3.8, 4) is 0 Å². The Morgan fingerprint density at radius 3 is 2.89 bits per heavy atom. The van der Waals surface area contributed by atoms with E-state index in [0.717, 1.165) is 18.4 Å². The molecule has 2 rings (SSSR count). The summed E-state index contributed by atoms with van der Waals surface area (Å²) in [6.45, 7) is 8.09. The van der Waals surface area contributed by atoms with Crippen LogP contribution in [0.15, 0.2) is 11.4 Å². The molecule has 0 aromatic carbocycles. The second-order valence-corrected chi connectivity index (χ2v) is 7.02. The lowest BCUT2D eigenvalue weighted by Gasteiger charge is -2.34. The molecule has 1 fully saturated rings. The lowest BCUT2D eigenvalue weighted by atomic mass is 9.76. The summed E-state index contributed by atoms with van der Waals surface area (Å²) in [6, 6.07) is 2.94. The molecule has 0 bridgehead atoms. The van der Waals surface area contributed by atoms with Crippen LogP contribution in [0.3, 0.4) is 0 Å². The van der Waals surface area contributed by atoms with Gasteiger partial charge >= 0.3 is 0 Å². The first-order valence-electron chi connectivity index (χ1n) is 7.49. The molecule has 1 aromatic rings. The number of thiophene rings is 1. The van der Waals surface area contributed by atoms with Crippen LogP contribution in [0, 0.1) is 18.8 Å². The Morgan fingerprint density at radius 2 is 2.28 bits per heavy atom. The van der Waals surface area contributed by atoms with Gasteiger partial charge in [0.05, 0.1) is 0 Å². The number of rotatable bonds is 5. The minimum Gasteiger partial charge on any atom is -0.310 e. The molecule has 102 valence electrons. The van der Waals surface area contributed by atoms with Crippen molar-refractivity contribution in [1.29, 1.82) is 0 Å². The molecule has 0 aliphatic heterocycles. The molecule has 0 amide bonds. The number of hydrogen-bond donors (Lipinski definition) is 1. The van der Waals surface area contributed by atoms with E-state index in [-0.39, 0.29) is 0 Å². The zero-order valence-corrected chi connectivity index (χ0v) is 12.9. The van der Waals surface area contributed by atoms with Crippen LogP contribution in [0.4, 0.5) is 0 Å². The Kier molecular flexibility index (Phi) is 5.25. The van der Waals surface area contributed by atoms with Gasteiger partial charge in [-0.25, -0.2) is 0 Å². The zero-order chi connectivity index (χ0) is 13.0. The van der Waals surface area contributed by atoms with Gasteiger partial charge in [-0.15, -0.1) is 11.3 Å². The molecule has 1 nitrogen and oxygen atoms in total. The molecule has 1 aliphatic rings. The molecule has 2 heteroatoms. The largest absolute Gasteiger partial charge is 0.310 e. The predicted octanol–water partition coefficient (Wildman–Crippen LogP) is 4.92. The lowest BCUT2D eigenvalue weighted by Crippen LogP contribution is -2.32. The minimum atomic E-state index is 0.596. The quantitative estimate of drug-likeness (QED) is 0.796. The SMILES string of the molecule is CCCNC(c1ccsc1C)C1CCCC(C)C1. The van der Waals surface area contributed by atoms with Crippen molar-refractivity contribution in [3.63, 3.8) is 0 Å². The van der Waals surface area contributed by atoms with E-state index < -0.39 is 0 Å². The molecule has 1 aliphatic carbocycles. The van der Waals surface area contributed by atoms with E-state index in [4.69, 9.17) is 0 Å². The van der Waals surface area contributed by atoms with E-state index in [1.807, 2.05) is 11.3 Å². The van der Waals surface area contributed by atoms with Gasteiger partial charge in [0, 0.05) is 10.9 Å². The van der Waals surface area contributed by atoms with Crippen LogP contribution in [0.25, 0.3) is 0 Å².